The van der Waals surface area contributed by atoms with E-state index in [4.69, 9.17) is 4.52 Å². The van der Waals surface area contributed by atoms with E-state index in [9.17, 15) is 4.39 Å². The van der Waals surface area contributed by atoms with Gasteiger partial charge in [-0.15, -0.1) is 0 Å². The van der Waals surface area contributed by atoms with Gasteiger partial charge in [-0.25, -0.2) is 4.39 Å². The van der Waals surface area contributed by atoms with Gasteiger partial charge in [-0.05, 0) is 25.0 Å². The molecule has 0 spiro atoms. The minimum absolute atomic E-state index is 0.263. The molecule has 0 unspecified atom stereocenters. The quantitative estimate of drug-likeness (QED) is 0.682. The molecule has 1 aliphatic rings. The number of hydrogen-bond acceptors (Lipinski definition) is 2. The highest BCUT2D eigenvalue weighted by Gasteiger charge is 2.20. The van der Waals surface area contributed by atoms with Gasteiger partial charge in [0.05, 0.1) is 5.69 Å². The summed E-state index contributed by atoms with van der Waals surface area (Å²) in [6, 6.07) is 4.70. The van der Waals surface area contributed by atoms with Crippen LogP contribution in [0, 0.1) is 5.82 Å². The van der Waals surface area contributed by atoms with Crippen molar-refractivity contribution >= 4 is 11.0 Å². The Balaban J connectivity index is 1.98. The molecule has 1 heterocycles. The van der Waals surface area contributed by atoms with Gasteiger partial charge >= 0.3 is 0 Å². The molecule has 17 heavy (non-hydrogen) atoms. The molecular weight excluding hydrogens is 217 g/mol. The average Bonchev–Trinajstić information content (AvgIpc) is 2.57. The zero-order valence-corrected chi connectivity index (χ0v) is 9.79. The number of rotatable bonds is 1. The molecule has 1 aromatic carbocycles. The van der Waals surface area contributed by atoms with Crippen LogP contribution in [0.3, 0.4) is 0 Å². The summed E-state index contributed by atoms with van der Waals surface area (Å²) in [5, 5.41) is 5.14. The van der Waals surface area contributed by atoms with Crippen LogP contribution in [-0.4, -0.2) is 5.16 Å². The molecule has 1 aromatic heterocycles. The van der Waals surface area contributed by atoms with Crippen LogP contribution in [0.1, 0.15) is 50.1 Å². The third-order valence-electron chi connectivity index (χ3n) is 3.70. The van der Waals surface area contributed by atoms with Gasteiger partial charge in [0.2, 0.25) is 0 Å². The second kappa shape index (κ2) is 4.47. The maximum absolute atomic E-state index is 13.1. The van der Waals surface area contributed by atoms with Crippen LogP contribution >= 0.6 is 0 Å². The van der Waals surface area contributed by atoms with Crippen LogP contribution in [-0.2, 0) is 0 Å². The molecule has 0 bridgehead atoms. The Morgan fingerprint density at radius 2 is 1.88 bits per heavy atom. The lowest BCUT2D eigenvalue weighted by molar-refractivity contribution is 0.427. The average molecular weight is 233 g/mol. The van der Waals surface area contributed by atoms with E-state index in [0.717, 1.165) is 11.1 Å². The van der Waals surface area contributed by atoms with Crippen molar-refractivity contribution in [3.05, 3.63) is 29.7 Å². The zero-order valence-electron chi connectivity index (χ0n) is 9.79. The first kappa shape index (κ1) is 10.8. The molecule has 3 rings (SSSR count). The highest BCUT2D eigenvalue weighted by atomic mass is 19.1. The molecular formula is C14H16FNO. The van der Waals surface area contributed by atoms with E-state index in [-0.39, 0.29) is 5.82 Å². The van der Waals surface area contributed by atoms with Gasteiger partial charge in [0, 0.05) is 17.4 Å². The third kappa shape index (κ3) is 2.06. The fraction of sp³-hybridized carbons (Fsp3) is 0.500. The Hall–Kier alpha value is -1.38. The standard InChI is InChI=1S/C14H16FNO/c15-11-7-8-12-13(9-11)17-16-14(12)10-5-3-1-2-4-6-10/h7-10H,1-6H2. The molecule has 1 aliphatic carbocycles. The fourth-order valence-corrected chi connectivity index (χ4v) is 2.78. The van der Waals surface area contributed by atoms with E-state index in [1.165, 1.54) is 50.7 Å². The maximum atomic E-state index is 13.1. The number of benzene rings is 1. The Kier molecular flexibility index (Phi) is 2.83. The summed E-state index contributed by atoms with van der Waals surface area (Å²) in [6.07, 6.45) is 7.53. The van der Waals surface area contributed by atoms with E-state index >= 15 is 0 Å². The molecule has 0 saturated heterocycles. The van der Waals surface area contributed by atoms with Crippen molar-refractivity contribution in [3.8, 4) is 0 Å². The lowest BCUT2D eigenvalue weighted by atomic mass is 9.94. The molecule has 0 radical (unpaired) electrons. The lowest BCUT2D eigenvalue weighted by Crippen LogP contribution is -1.97. The molecule has 3 heteroatoms. The summed E-state index contributed by atoms with van der Waals surface area (Å²) in [6.45, 7) is 0. The molecule has 1 fully saturated rings. The van der Waals surface area contributed by atoms with Gasteiger partial charge in [-0.1, -0.05) is 30.8 Å². The highest BCUT2D eigenvalue weighted by molar-refractivity contribution is 5.79. The predicted molar refractivity (Wildman–Crippen MR) is 64.4 cm³/mol. The minimum Gasteiger partial charge on any atom is -0.356 e. The number of aromatic nitrogens is 1. The Morgan fingerprint density at radius 3 is 2.65 bits per heavy atom. The topological polar surface area (TPSA) is 26.0 Å². The normalized spacial score (nSPS) is 18.4. The van der Waals surface area contributed by atoms with E-state index in [2.05, 4.69) is 5.16 Å². The Morgan fingerprint density at radius 1 is 1.12 bits per heavy atom. The van der Waals surface area contributed by atoms with Gasteiger partial charge < -0.3 is 4.52 Å². The minimum atomic E-state index is -0.263. The smallest absolute Gasteiger partial charge is 0.170 e. The van der Waals surface area contributed by atoms with Crippen molar-refractivity contribution in [1.29, 1.82) is 0 Å². The largest absolute Gasteiger partial charge is 0.356 e. The van der Waals surface area contributed by atoms with Crippen LogP contribution in [0.15, 0.2) is 22.7 Å². The Labute approximate surface area is 99.8 Å². The third-order valence-corrected chi connectivity index (χ3v) is 3.70. The summed E-state index contributed by atoms with van der Waals surface area (Å²) in [4.78, 5) is 0. The summed E-state index contributed by atoms with van der Waals surface area (Å²) >= 11 is 0. The van der Waals surface area contributed by atoms with Gasteiger partial charge in [0.1, 0.15) is 5.82 Å². The molecule has 2 aromatic rings. The van der Waals surface area contributed by atoms with Gasteiger partial charge in [0.25, 0.3) is 0 Å². The van der Waals surface area contributed by atoms with Crippen LogP contribution in [0.4, 0.5) is 4.39 Å². The first-order valence-corrected chi connectivity index (χ1v) is 6.39. The molecule has 0 amide bonds. The van der Waals surface area contributed by atoms with Crippen molar-refractivity contribution in [1.82, 2.24) is 5.16 Å². The van der Waals surface area contributed by atoms with Crippen molar-refractivity contribution in [2.45, 2.75) is 44.4 Å². The lowest BCUT2D eigenvalue weighted by Gasteiger charge is -2.10. The van der Waals surface area contributed by atoms with E-state index < -0.39 is 0 Å². The molecule has 2 nitrogen and oxygen atoms in total. The van der Waals surface area contributed by atoms with Gasteiger partial charge in [-0.3, -0.25) is 0 Å². The Bertz CT molecular complexity index is 512. The first-order chi connectivity index (χ1) is 8.34. The van der Waals surface area contributed by atoms with Crippen LogP contribution < -0.4 is 0 Å². The number of nitrogens with zero attached hydrogens (tertiary/aromatic N) is 1. The van der Waals surface area contributed by atoms with Crippen molar-refractivity contribution in [2.24, 2.45) is 0 Å². The predicted octanol–water partition coefficient (Wildman–Crippen LogP) is 4.40. The first-order valence-electron chi connectivity index (χ1n) is 6.39. The summed E-state index contributed by atoms with van der Waals surface area (Å²) in [5.74, 6) is 0.227. The second-order valence-corrected chi connectivity index (χ2v) is 4.90. The van der Waals surface area contributed by atoms with Gasteiger partial charge in [-0.2, -0.15) is 0 Å². The van der Waals surface area contributed by atoms with Gasteiger partial charge in [0.15, 0.2) is 5.58 Å². The molecule has 0 aliphatic heterocycles. The molecule has 0 N–H and O–H groups in total. The van der Waals surface area contributed by atoms with E-state index in [1.54, 1.807) is 6.07 Å². The van der Waals surface area contributed by atoms with E-state index in [0.29, 0.717) is 11.5 Å². The van der Waals surface area contributed by atoms with Crippen molar-refractivity contribution < 1.29 is 8.91 Å². The molecule has 90 valence electrons. The van der Waals surface area contributed by atoms with Crippen LogP contribution in [0.2, 0.25) is 0 Å². The molecule has 1 saturated carbocycles. The fourth-order valence-electron chi connectivity index (χ4n) is 2.78. The van der Waals surface area contributed by atoms with Crippen molar-refractivity contribution in [2.75, 3.05) is 0 Å². The summed E-state index contributed by atoms with van der Waals surface area (Å²) in [5.41, 5.74) is 1.60. The number of fused-ring (bicyclic) bond motifs is 1. The number of halogens is 1. The SMILES string of the molecule is Fc1ccc2c(C3CCCCCC3)noc2c1. The van der Waals surface area contributed by atoms with Crippen molar-refractivity contribution in [3.63, 3.8) is 0 Å². The summed E-state index contributed by atoms with van der Waals surface area (Å²) in [7, 11) is 0. The van der Waals surface area contributed by atoms with Crippen LogP contribution in [0.5, 0.6) is 0 Å². The highest BCUT2D eigenvalue weighted by Crippen LogP contribution is 2.34. The maximum Gasteiger partial charge on any atom is 0.170 e. The molecule has 0 atom stereocenters. The zero-order chi connectivity index (χ0) is 11.7. The van der Waals surface area contributed by atoms with Crippen LogP contribution in [0.25, 0.3) is 11.0 Å². The second-order valence-electron chi connectivity index (χ2n) is 4.90. The number of hydrogen-bond donors (Lipinski definition) is 0. The van der Waals surface area contributed by atoms with E-state index in [1.807, 2.05) is 0 Å². The summed E-state index contributed by atoms with van der Waals surface area (Å²) < 4.78 is 18.3. The monoisotopic (exact) mass is 233 g/mol.